The van der Waals surface area contributed by atoms with Gasteiger partial charge in [0.05, 0.1) is 0 Å². The minimum atomic E-state index is -0.221. The molecular weight excluding hydrogens is 252 g/mol. The number of nitrogens with one attached hydrogen (secondary N) is 2. The van der Waals surface area contributed by atoms with Gasteiger partial charge in [0.25, 0.3) is 0 Å². The Morgan fingerprint density at radius 3 is 2.40 bits per heavy atom. The molecular formula is C16H18N2O2. The van der Waals surface area contributed by atoms with Crippen molar-refractivity contribution in [2.45, 2.75) is 19.9 Å². The molecule has 0 radical (unpaired) electrons. The molecule has 2 aromatic rings. The van der Waals surface area contributed by atoms with Gasteiger partial charge in [-0.05, 0) is 29.8 Å². The lowest BCUT2D eigenvalue weighted by Gasteiger charge is -2.09. The first-order valence-corrected chi connectivity index (χ1v) is 6.61. The van der Waals surface area contributed by atoms with Crippen molar-refractivity contribution in [3.05, 3.63) is 60.2 Å². The van der Waals surface area contributed by atoms with E-state index in [2.05, 4.69) is 10.9 Å². The molecule has 0 saturated carbocycles. The van der Waals surface area contributed by atoms with Gasteiger partial charge in [0.2, 0.25) is 0 Å². The minimum absolute atomic E-state index is 0.221. The van der Waals surface area contributed by atoms with E-state index in [9.17, 15) is 4.79 Å². The van der Waals surface area contributed by atoms with Crippen LogP contribution in [0.2, 0.25) is 0 Å². The number of hydrogen-bond donors (Lipinski definition) is 2. The first-order valence-electron chi connectivity index (χ1n) is 6.61. The van der Waals surface area contributed by atoms with Crippen LogP contribution in [0.4, 0.5) is 5.69 Å². The molecule has 0 aliphatic heterocycles. The number of hydrogen-bond acceptors (Lipinski definition) is 4. The van der Waals surface area contributed by atoms with Crippen molar-refractivity contribution in [1.29, 1.82) is 0 Å². The highest BCUT2D eigenvalue weighted by Gasteiger charge is 2.01. The summed E-state index contributed by atoms with van der Waals surface area (Å²) >= 11 is 0. The van der Waals surface area contributed by atoms with E-state index in [1.807, 2.05) is 42.5 Å². The zero-order valence-electron chi connectivity index (χ0n) is 11.4. The second kappa shape index (κ2) is 7.31. The zero-order chi connectivity index (χ0) is 14.2. The summed E-state index contributed by atoms with van der Waals surface area (Å²) in [5.41, 5.74) is 8.36. The molecule has 2 N–H and O–H groups in total. The lowest BCUT2D eigenvalue weighted by molar-refractivity contribution is -0.134. The number of benzene rings is 2. The molecule has 4 heteroatoms. The monoisotopic (exact) mass is 270 g/mol. The van der Waals surface area contributed by atoms with Crippen molar-refractivity contribution in [1.82, 2.24) is 5.43 Å². The van der Waals surface area contributed by atoms with E-state index in [4.69, 9.17) is 4.74 Å². The van der Waals surface area contributed by atoms with Crippen LogP contribution in [0.3, 0.4) is 0 Å². The number of anilines is 1. The molecule has 0 spiro atoms. The largest absolute Gasteiger partial charge is 0.427 e. The van der Waals surface area contributed by atoms with Crippen LogP contribution >= 0.6 is 0 Å². The van der Waals surface area contributed by atoms with Crippen LogP contribution in [-0.2, 0) is 11.3 Å². The Balaban J connectivity index is 1.80. The highest BCUT2D eigenvalue weighted by atomic mass is 16.5. The van der Waals surface area contributed by atoms with E-state index in [1.165, 1.54) is 0 Å². The van der Waals surface area contributed by atoms with E-state index >= 15 is 0 Å². The summed E-state index contributed by atoms with van der Waals surface area (Å²) in [6.07, 6.45) is 0.379. The van der Waals surface area contributed by atoms with Crippen LogP contribution in [0.25, 0.3) is 0 Å². The van der Waals surface area contributed by atoms with E-state index in [1.54, 1.807) is 19.1 Å². The average Bonchev–Trinajstić information content (AvgIpc) is 2.50. The summed E-state index contributed by atoms with van der Waals surface area (Å²) in [4.78, 5) is 11.2. The quantitative estimate of drug-likeness (QED) is 0.481. The van der Waals surface area contributed by atoms with Gasteiger partial charge in [-0.1, -0.05) is 37.3 Å². The van der Waals surface area contributed by atoms with Crippen LogP contribution in [0.5, 0.6) is 5.75 Å². The van der Waals surface area contributed by atoms with Crippen molar-refractivity contribution in [3.8, 4) is 5.75 Å². The van der Waals surface area contributed by atoms with E-state index in [-0.39, 0.29) is 5.97 Å². The van der Waals surface area contributed by atoms with Gasteiger partial charge in [-0.2, -0.15) is 0 Å². The third-order valence-corrected chi connectivity index (χ3v) is 2.74. The number of ether oxygens (including phenoxy) is 1. The molecule has 0 heterocycles. The molecule has 0 aliphatic carbocycles. The summed E-state index contributed by atoms with van der Waals surface area (Å²) in [5, 5.41) is 0. The fourth-order valence-electron chi connectivity index (χ4n) is 1.65. The molecule has 20 heavy (non-hydrogen) atoms. The Labute approximate surface area is 118 Å². The predicted molar refractivity (Wildman–Crippen MR) is 79.3 cm³/mol. The normalized spacial score (nSPS) is 10.1. The number of carbonyl (C=O) groups is 1. The Bertz CT molecular complexity index is 538. The first kappa shape index (κ1) is 14.1. The molecule has 2 aromatic carbocycles. The van der Waals surface area contributed by atoms with Gasteiger partial charge in [-0.3, -0.25) is 4.79 Å². The van der Waals surface area contributed by atoms with Crippen LogP contribution in [0.15, 0.2) is 54.6 Å². The van der Waals surface area contributed by atoms with Crippen molar-refractivity contribution in [3.63, 3.8) is 0 Å². The van der Waals surface area contributed by atoms with Gasteiger partial charge in [0.15, 0.2) is 0 Å². The van der Waals surface area contributed by atoms with Crippen LogP contribution < -0.4 is 15.6 Å². The summed E-state index contributed by atoms with van der Waals surface area (Å²) in [6.45, 7) is 2.45. The predicted octanol–water partition coefficient (Wildman–Crippen LogP) is 3.12. The van der Waals surface area contributed by atoms with E-state index in [0.717, 1.165) is 11.3 Å². The molecule has 0 aliphatic rings. The maximum atomic E-state index is 11.2. The molecule has 2 rings (SSSR count). The number of esters is 1. The van der Waals surface area contributed by atoms with Crippen molar-refractivity contribution in [2.24, 2.45) is 0 Å². The second-order valence-electron chi connectivity index (χ2n) is 4.32. The van der Waals surface area contributed by atoms with Gasteiger partial charge >= 0.3 is 5.97 Å². The standard InChI is InChI=1S/C16H18N2O2/c1-2-16(19)20-15-10-8-13(9-11-15)12-17-18-14-6-4-3-5-7-14/h3-11,17-18H,2,12H2,1H3. The molecule has 0 aromatic heterocycles. The summed E-state index contributed by atoms with van der Waals surface area (Å²) in [6, 6.07) is 17.3. The fraction of sp³-hybridized carbons (Fsp3) is 0.188. The number of para-hydroxylation sites is 1. The number of rotatable bonds is 6. The van der Waals surface area contributed by atoms with Crippen molar-refractivity contribution < 1.29 is 9.53 Å². The van der Waals surface area contributed by atoms with Crippen LogP contribution in [0, 0.1) is 0 Å². The first-order chi connectivity index (χ1) is 9.78. The number of carbonyl (C=O) groups excluding carboxylic acids is 1. The second-order valence-corrected chi connectivity index (χ2v) is 4.32. The van der Waals surface area contributed by atoms with Gasteiger partial charge in [0, 0.05) is 18.7 Å². The SMILES string of the molecule is CCC(=O)Oc1ccc(CNNc2ccccc2)cc1. The zero-order valence-corrected chi connectivity index (χ0v) is 11.4. The molecule has 0 saturated heterocycles. The molecule has 0 amide bonds. The maximum absolute atomic E-state index is 11.2. The Hall–Kier alpha value is -2.33. The van der Waals surface area contributed by atoms with Gasteiger partial charge in [0.1, 0.15) is 5.75 Å². The molecule has 0 bridgehead atoms. The molecule has 104 valence electrons. The van der Waals surface area contributed by atoms with E-state index < -0.39 is 0 Å². The van der Waals surface area contributed by atoms with Gasteiger partial charge in [-0.15, -0.1) is 0 Å². The highest BCUT2D eigenvalue weighted by Crippen LogP contribution is 2.13. The van der Waals surface area contributed by atoms with E-state index in [0.29, 0.717) is 18.7 Å². The molecule has 4 nitrogen and oxygen atoms in total. The lowest BCUT2D eigenvalue weighted by atomic mass is 10.2. The smallest absolute Gasteiger partial charge is 0.310 e. The summed E-state index contributed by atoms with van der Waals surface area (Å²) in [5.74, 6) is 0.359. The summed E-state index contributed by atoms with van der Waals surface area (Å²) in [7, 11) is 0. The Morgan fingerprint density at radius 1 is 1.05 bits per heavy atom. The third-order valence-electron chi connectivity index (χ3n) is 2.74. The Morgan fingerprint density at radius 2 is 1.75 bits per heavy atom. The molecule has 0 atom stereocenters. The highest BCUT2D eigenvalue weighted by molar-refractivity contribution is 5.71. The van der Waals surface area contributed by atoms with Crippen LogP contribution in [0.1, 0.15) is 18.9 Å². The minimum Gasteiger partial charge on any atom is -0.427 e. The summed E-state index contributed by atoms with van der Waals surface area (Å²) < 4.78 is 5.12. The maximum Gasteiger partial charge on any atom is 0.310 e. The Kier molecular flexibility index (Phi) is 5.15. The lowest BCUT2D eigenvalue weighted by Crippen LogP contribution is -2.20. The molecule has 0 unspecified atom stereocenters. The fourth-order valence-corrected chi connectivity index (χ4v) is 1.65. The topological polar surface area (TPSA) is 50.4 Å². The van der Waals surface area contributed by atoms with Gasteiger partial charge < -0.3 is 10.2 Å². The van der Waals surface area contributed by atoms with Crippen LogP contribution in [-0.4, -0.2) is 5.97 Å². The van der Waals surface area contributed by atoms with Gasteiger partial charge in [-0.25, -0.2) is 5.43 Å². The number of hydrazine groups is 1. The average molecular weight is 270 g/mol. The van der Waals surface area contributed by atoms with Crippen molar-refractivity contribution >= 4 is 11.7 Å². The third kappa shape index (κ3) is 4.40. The van der Waals surface area contributed by atoms with Crippen molar-refractivity contribution in [2.75, 3.05) is 5.43 Å². The molecule has 0 fully saturated rings.